The highest BCUT2D eigenvalue weighted by molar-refractivity contribution is 6.33. The van der Waals surface area contributed by atoms with Crippen LogP contribution in [-0.2, 0) is 16.0 Å². The number of ketones is 1. The molecule has 1 aromatic carbocycles. The summed E-state index contributed by atoms with van der Waals surface area (Å²) in [5, 5.41) is 49.3. The summed E-state index contributed by atoms with van der Waals surface area (Å²) in [5.74, 6) is -2.72. The number of aromatic hydroxyl groups is 2. The molecule has 0 saturated heterocycles. The number of fused-ring (bicyclic) bond motifs is 1. The Hall–Kier alpha value is -2.13. The van der Waals surface area contributed by atoms with Crippen molar-refractivity contribution < 1.29 is 39.9 Å². The minimum Gasteiger partial charge on any atom is -0.507 e. The van der Waals surface area contributed by atoms with E-state index in [1.165, 1.54) is 13.0 Å². The Morgan fingerprint density at radius 3 is 2.44 bits per heavy atom. The number of cyclic esters (lactones) is 1. The number of benzene rings is 1. The fourth-order valence-electron chi connectivity index (χ4n) is 2.78. The average Bonchev–Trinajstić information content (AvgIpc) is 2.56. The summed E-state index contributed by atoms with van der Waals surface area (Å²) >= 11 is 6.01. The standard InChI is InChI=1S/C18H21ClO8/c1-8-4-9(20)2-3-12(22)13(23)6-10(21)5-11-16(18(26)27-8)14(24)7-15(25)17(11)19/h2-3,7-9,12-13,20,22-25H,4-6H2,1H3/b3-2-/t8-,9?,12?,13?/m1/s1. The quantitative estimate of drug-likeness (QED) is 0.318. The number of esters is 1. The maximum Gasteiger partial charge on any atom is 0.342 e. The Bertz CT molecular complexity index is 760. The number of phenols is 2. The minimum atomic E-state index is -1.44. The molecule has 0 radical (unpaired) electrons. The van der Waals surface area contributed by atoms with Crippen molar-refractivity contribution in [2.24, 2.45) is 0 Å². The lowest BCUT2D eigenvalue weighted by Crippen LogP contribution is -2.29. The Labute approximate surface area is 160 Å². The van der Waals surface area contributed by atoms with Crippen molar-refractivity contribution >= 4 is 23.4 Å². The van der Waals surface area contributed by atoms with Gasteiger partial charge in [0.15, 0.2) is 0 Å². The van der Waals surface area contributed by atoms with Crippen LogP contribution in [0.25, 0.3) is 0 Å². The second-order valence-electron chi connectivity index (χ2n) is 6.46. The number of phenolic OH excluding ortho intramolecular Hbond substituents is 2. The number of aliphatic hydroxyl groups is 3. The lowest BCUT2D eigenvalue weighted by Gasteiger charge is -2.20. The van der Waals surface area contributed by atoms with E-state index in [9.17, 15) is 35.1 Å². The van der Waals surface area contributed by atoms with Crippen LogP contribution in [0.3, 0.4) is 0 Å². The van der Waals surface area contributed by atoms with Crippen LogP contribution in [0.5, 0.6) is 11.5 Å². The molecule has 0 spiro atoms. The summed E-state index contributed by atoms with van der Waals surface area (Å²) < 4.78 is 5.19. The third-order valence-electron chi connectivity index (χ3n) is 4.14. The van der Waals surface area contributed by atoms with E-state index in [0.29, 0.717) is 0 Å². The van der Waals surface area contributed by atoms with Crippen molar-refractivity contribution in [2.75, 3.05) is 0 Å². The first-order valence-electron chi connectivity index (χ1n) is 8.28. The number of Topliss-reactive ketones (excluding diaryl/α,β-unsaturated/α-hetero) is 1. The molecule has 1 aromatic rings. The molecule has 9 heteroatoms. The van der Waals surface area contributed by atoms with E-state index >= 15 is 0 Å². The van der Waals surface area contributed by atoms with Gasteiger partial charge in [-0.1, -0.05) is 23.8 Å². The van der Waals surface area contributed by atoms with Gasteiger partial charge in [0.05, 0.1) is 23.3 Å². The number of halogens is 1. The summed E-state index contributed by atoms with van der Waals surface area (Å²) in [5.41, 5.74) is -0.527. The molecule has 1 heterocycles. The van der Waals surface area contributed by atoms with Gasteiger partial charge >= 0.3 is 5.97 Å². The number of hydrogen-bond donors (Lipinski definition) is 5. The van der Waals surface area contributed by atoms with E-state index in [0.717, 1.165) is 12.1 Å². The molecule has 148 valence electrons. The zero-order valence-electron chi connectivity index (χ0n) is 14.5. The molecule has 5 N–H and O–H groups in total. The van der Waals surface area contributed by atoms with Crippen LogP contribution in [0, 0.1) is 0 Å². The summed E-state index contributed by atoms with van der Waals surface area (Å²) in [7, 11) is 0. The number of ether oxygens (including phenoxy) is 1. The topological polar surface area (TPSA) is 145 Å². The van der Waals surface area contributed by atoms with Gasteiger partial charge in [-0.25, -0.2) is 4.79 Å². The average molecular weight is 401 g/mol. The smallest absolute Gasteiger partial charge is 0.342 e. The fraction of sp³-hybridized carbons (Fsp3) is 0.444. The van der Waals surface area contributed by atoms with E-state index in [2.05, 4.69) is 0 Å². The fourth-order valence-corrected chi connectivity index (χ4v) is 3.00. The van der Waals surface area contributed by atoms with Gasteiger partial charge in [-0.2, -0.15) is 0 Å². The minimum absolute atomic E-state index is 0.00804. The molecule has 0 aromatic heterocycles. The van der Waals surface area contributed by atoms with Crippen LogP contribution in [0.4, 0.5) is 0 Å². The summed E-state index contributed by atoms with van der Waals surface area (Å²) in [6, 6.07) is 0.858. The lowest BCUT2D eigenvalue weighted by atomic mass is 9.96. The number of carbonyl (C=O) groups is 2. The molecule has 0 bridgehead atoms. The Balaban J connectivity index is 2.49. The maximum absolute atomic E-state index is 12.5. The van der Waals surface area contributed by atoms with Crippen molar-refractivity contribution in [3.63, 3.8) is 0 Å². The van der Waals surface area contributed by atoms with Gasteiger partial charge in [0.25, 0.3) is 0 Å². The molecule has 0 fully saturated rings. The SMILES string of the molecule is C[C@@H]1CC(O)/C=C\C(O)C(O)CC(=O)Cc2c(Cl)c(O)cc(O)c2C(=O)O1. The molecule has 0 amide bonds. The maximum atomic E-state index is 12.5. The van der Waals surface area contributed by atoms with E-state index in [-0.39, 0.29) is 22.6 Å². The highest BCUT2D eigenvalue weighted by Gasteiger charge is 2.28. The van der Waals surface area contributed by atoms with Crippen LogP contribution < -0.4 is 0 Å². The van der Waals surface area contributed by atoms with Crippen LogP contribution in [0.15, 0.2) is 18.2 Å². The zero-order chi connectivity index (χ0) is 20.3. The third-order valence-corrected chi connectivity index (χ3v) is 4.56. The Morgan fingerprint density at radius 2 is 1.78 bits per heavy atom. The highest BCUT2D eigenvalue weighted by atomic mass is 35.5. The molecule has 8 nitrogen and oxygen atoms in total. The number of hydrogen-bond acceptors (Lipinski definition) is 8. The van der Waals surface area contributed by atoms with Crippen molar-refractivity contribution in [1.29, 1.82) is 0 Å². The van der Waals surface area contributed by atoms with Gasteiger partial charge in [-0.15, -0.1) is 0 Å². The van der Waals surface area contributed by atoms with E-state index in [1.54, 1.807) is 0 Å². The van der Waals surface area contributed by atoms with Crippen LogP contribution in [0.1, 0.15) is 35.7 Å². The first-order valence-corrected chi connectivity index (χ1v) is 8.66. The van der Waals surface area contributed by atoms with Crippen molar-refractivity contribution in [3.05, 3.63) is 34.4 Å². The van der Waals surface area contributed by atoms with Crippen LogP contribution >= 0.6 is 11.6 Å². The Kier molecular flexibility index (Phi) is 6.83. The largest absolute Gasteiger partial charge is 0.507 e. The normalized spacial score (nSPS) is 28.8. The lowest BCUT2D eigenvalue weighted by molar-refractivity contribution is -0.121. The predicted molar refractivity (Wildman–Crippen MR) is 94.8 cm³/mol. The molecule has 1 aliphatic rings. The van der Waals surface area contributed by atoms with Gasteiger partial charge < -0.3 is 30.3 Å². The zero-order valence-corrected chi connectivity index (χ0v) is 15.3. The molecule has 3 unspecified atom stereocenters. The summed E-state index contributed by atoms with van der Waals surface area (Å²) in [6.07, 6.45) is -3.27. The number of carbonyl (C=O) groups excluding carboxylic acids is 2. The van der Waals surface area contributed by atoms with Crippen molar-refractivity contribution in [3.8, 4) is 11.5 Å². The van der Waals surface area contributed by atoms with E-state index in [4.69, 9.17) is 16.3 Å². The summed E-state index contributed by atoms with van der Waals surface area (Å²) in [4.78, 5) is 24.7. The number of rotatable bonds is 0. The highest BCUT2D eigenvalue weighted by Crippen LogP contribution is 2.37. The van der Waals surface area contributed by atoms with E-state index < -0.39 is 60.5 Å². The van der Waals surface area contributed by atoms with Gasteiger partial charge in [-0.3, -0.25) is 4.79 Å². The van der Waals surface area contributed by atoms with Crippen molar-refractivity contribution in [2.45, 2.75) is 50.6 Å². The monoisotopic (exact) mass is 400 g/mol. The van der Waals surface area contributed by atoms with Gasteiger partial charge in [0.1, 0.15) is 28.9 Å². The summed E-state index contributed by atoms with van der Waals surface area (Å²) in [6.45, 7) is 1.51. The molecule has 27 heavy (non-hydrogen) atoms. The predicted octanol–water partition coefficient (Wildman–Crippen LogP) is 0.841. The third kappa shape index (κ3) is 5.20. The number of aliphatic hydroxyl groups excluding tert-OH is 3. The molecular formula is C18H21ClO8. The second-order valence-corrected chi connectivity index (χ2v) is 6.84. The van der Waals surface area contributed by atoms with Crippen LogP contribution in [-0.4, -0.2) is 61.7 Å². The first kappa shape index (κ1) is 21.2. The van der Waals surface area contributed by atoms with Gasteiger partial charge in [0.2, 0.25) is 0 Å². The molecular weight excluding hydrogens is 380 g/mol. The van der Waals surface area contributed by atoms with E-state index in [1.807, 2.05) is 0 Å². The van der Waals surface area contributed by atoms with Crippen LogP contribution in [0.2, 0.25) is 5.02 Å². The Morgan fingerprint density at radius 1 is 1.11 bits per heavy atom. The van der Waals surface area contributed by atoms with Gasteiger partial charge in [0, 0.05) is 30.9 Å². The second kappa shape index (κ2) is 8.71. The van der Waals surface area contributed by atoms with Crippen molar-refractivity contribution in [1.82, 2.24) is 0 Å². The molecule has 2 rings (SSSR count). The molecule has 0 aliphatic carbocycles. The molecule has 1 aliphatic heterocycles. The molecule has 0 saturated carbocycles. The molecule has 4 atom stereocenters. The van der Waals surface area contributed by atoms with Gasteiger partial charge in [-0.05, 0) is 6.92 Å². The first-order chi connectivity index (χ1) is 12.6.